The van der Waals surface area contributed by atoms with E-state index in [0.717, 1.165) is 18.1 Å². The van der Waals surface area contributed by atoms with E-state index in [1.807, 2.05) is 4.68 Å². The minimum atomic E-state index is 0.0112. The molecule has 5 nitrogen and oxygen atoms in total. The molecule has 72 valence electrons. The number of nitrogens with zero attached hydrogens (tertiary/aromatic N) is 4. The predicted octanol–water partition coefficient (Wildman–Crippen LogP) is 0.942. The average molecular weight is 190 g/mol. The molecule has 0 bridgehead atoms. The van der Waals surface area contributed by atoms with Gasteiger partial charge in [0, 0.05) is 6.54 Å². The van der Waals surface area contributed by atoms with Crippen LogP contribution >= 0.6 is 0 Å². The van der Waals surface area contributed by atoms with Gasteiger partial charge in [-0.1, -0.05) is 0 Å². The second-order valence-corrected chi connectivity index (χ2v) is 3.70. The Hall–Kier alpha value is -1.65. The number of aromatic hydroxyl groups is 1. The van der Waals surface area contributed by atoms with Crippen molar-refractivity contribution < 1.29 is 5.11 Å². The second-order valence-electron chi connectivity index (χ2n) is 3.70. The molecule has 0 unspecified atom stereocenters. The monoisotopic (exact) mass is 190 g/mol. The molecule has 0 saturated heterocycles. The summed E-state index contributed by atoms with van der Waals surface area (Å²) < 4.78 is 1.84. The van der Waals surface area contributed by atoms with Crippen molar-refractivity contribution in [2.45, 2.75) is 19.4 Å². The van der Waals surface area contributed by atoms with Gasteiger partial charge >= 0.3 is 0 Å². The van der Waals surface area contributed by atoms with E-state index in [1.165, 1.54) is 19.2 Å². The maximum absolute atomic E-state index is 9.43. The minimum absolute atomic E-state index is 0.0112. The summed E-state index contributed by atoms with van der Waals surface area (Å²) in [4.78, 5) is 7.82. The second kappa shape index (κ2) is 2.67. The molecule has 1 aliphatic carbocycles. The van der Waals surface area contributed by atoms with Crippen molar-refractivity contribution in [1.29, 1.82) is 0 Å². The summed E-state index contributed by atoms with van der Waals surface area (Å²) in [6.45, 7) is 0.903. The van der Waals surface area contributed by atoms with Crippen molar-refractivity contribution in [3.05, 3.63) is 12.5 Å². The van der Waals surface area contributed by atoms with Crippen molar-refractivity contribution in [1.82, 2.24) is 19.7 Å². The first-order valence-electron chi connectivity index (χ1n) is 4.70. The molecule has 2 aromatic rings. The van der Waals surface area contributed by atoms with Crippen molar-refractivity contribution in [2.75, 3.05) is 0 Å². The molecule has 1 fully saturated rings. The molecule has 0 atom stereocenters. The molecule has 1 saturated carbocycles. The largest absolute Gasteiger partial charge is 0.493 e. The summed E-state index contributed by atoms with van der Waals surface area (Å²) in [5.41, 5.74) is 0.726. The summed E-state index contributed by atoms with van der Waals surface area (Å²) in [6.07, 6.45) is 5.53. The van der Waals surface area contributed by atoms with E-state index in [0.29, 0.717) is 5.39 Å². The molecule has 0 spiro atoms. The third-order valence-corrected chi connectivity index (χ3v) is 2.54. The molecule has 3 rings (SSSR count). The first kappa shape index (κ1) is 7.73. The number of rotatable bonds is 2. The minimum Gasteiger partial charge on any atom is -0.493 e. The van der Waals surface area contributed by atoms with Gasteiger partial charge in [0.15, 0.2) is 5.65 Å². The van der Waals surface area contributed by atoms with Crippen LogP contribution in [0.2, 0.25) is 0 Å². The van der Waals surface area contributed by atoms with Gasteiger partial charge in [0.05, 0.1) is 6.20 Å². The zero-order valence-corrected chi connectivity index (χ0v) is 7.59. The Balaban J connectivity index is 2.10. The van der Waals surface area contributed by atoms with E-state index in [1.54, 1.807) is 6.20 Å². The maximum atomic E-state index is 9.43. The first-order chi connectivity index (χ1) is 6.84. The van der Waals surface area contributed by atoms with E-state index >= 15 is 0 Å². The van der Waals surface area contributed by atoms with Gasteiger partial charge in [-0.3, -0.25) is 0 Å². The summed E-state index contributed by atoms with van der Waals surface area (Å²) in [7, 11) is 0. The topological polar surface area (TPSA) is 63.8 Å². The lowest BCUT2D eigenvalue weighted by atomic mass is 10.4. The molecular formula is C9H10N4O. The summed E-state index contributed by atoms with van der Waals surface area (Å²) in [6, 6.07) is 0. The SMILES string of the molecule is Oc1ncnc2c1cnn2CC1CC1. The number of hydrogen-bond donors (Lipinski definition) is 1. The highest BCUT2D eigenvalue weighted by Crippen LogP contribution is 2.31. The Morgan fingerprint density at radius 2 is 2.29 bits per heavy atom. The predicted molar refractivity (Wildman–Crippen MR) is 49.7 cm³/mol. The molecule has 2 aromatic heterocycles. The Morgan fingerprint density at radius 3 is 3.07 bits per heavy atom. The van der Waals surface area contributed by atoms with Crippen LogP contribution in [0.5, 0.6) is 5.88 Å². The van der Waals surface area contributed by atoms with Crippen LogP contribution in [-0.2, 0) is 6.54 Å². The fourth-order valence-electron chi connectivity index (χ4n) is 1.56. The highest BCUT2D eigenvalue weighted by atomic mass is 16.3. The lowest BCUT2D eigenvalue weighted by Crippen LogP contribution is -2.02. The van der Waals surface area contributed by atoms with Crippen LogP contribution in [0, 0.1) is 5.92 Å². The van der Waals surface area contributed by atoms with Gasteiger partial charge in [-0.05, 0) is 18.8 Å². The fraction of sp³-hybridized carbons (Fsp3) is 0.444. The average Bonchev–Trinajstić information content (AvgIpc) is 2.88. The summed E-state index contributed by atoms with van der Waals surface area (Å²) >= 11 is 0. The van der Waals surface area contributed by atoms with E-state index < -0.39 is 0 Å². The van der Waals surface area contributed by atoms with Crippen molar-refractivity contribution >= 4 is 11.0 Å². The van der Waals surface area contributed by atoms with Gasteiger partial charge in [0.1, 0.15) is 11.7 Å². The molecule has 14 heavy (non-hydrogen) atoms. The lowest BCUT2D eigenvalue weighted by molar-refractivity contribution is 0.459. The number of hydrogen-bond acceptors (Lipinski definition) is 4. The smallest absolute Gasteiger partial charge is 0.225 e. The van der Waals surface area contributed by atoms with Crippen LogP contribution in [0.25, 0.3) is 11.0 Å². The van der Waals surface area contributed by atoms with Crippen LogP contribution in [0.4, 0.5) is 0 Å². The Bertz CT molecular complexity index is 475. The molecular weight excluding hydrogens is 180 g/mol. The Morgan fingerprint density at radius 1 is 1.43 bits per heavy atom. The third kappa shape index (κ3) is 1.13. The molecule has 0 aliphatic heterocycles. The van der Waals surface area contributed by atoms with Gasteiger partial charge in [0.2, 0.25) is 5.88 Å². The summed E-state index contributed by atoms with van der Waals surface area (Å²) in [5.74, 6) is 0.757. The highest BCUT2D eigenvalue weighted by molar-refractivity contribution is 5.79. The van der Waals surface area contributed by atoms with E-state index in [9.17, 15) is 5.11 Å². The zero-order valence-electron chi connectivity index (χ0n) is 7.59. The molecule has 0 amide bonds. The highest BCUT2D eigenvalue weighted by Gasteiger charge is 2.23. The quantitative estimate of drug-likeness (QED) is 0.765. The maximum Gasteiger partial charge on any atom is 0.225 e. The Kier molecular flexibility index (Phi) is 1.47. The fourth-order valence-corrected chi connectivity index (χ4v) is 1.56. The van der Waals surface area contributed by atoms with E-state index in [-0.39, 0.29) is 5.88 Å². The van der Waals surface area contributed by atoms with Gasteiger partial charge in [0.25, 0.3) is 0 Å². The van der Waals surface area contributed by atoms with Gasteiger partial charge in [-0.25, -0.2) is 14.6 Å². The normalized spacial score (nSPS) is 16.3. The van der Waals surface area contributed by atoms with Crippen molar-refractivity contribution in [3.8, 4) is 5.88 Å². The standard InChI is InChI=1S/C9H10N4O/c14-9-7-3-12-13(4-6-1-2-6)8(7)10-5-11-9/h3,5-6H,1-2,4H2,(H,10,11,14). The molecule has 0 aromatic carbocycles. The Labute approximate surface area is 80.4 Å². The molecule has 1 aliphatic rings. The molecule has 5 heteroatoms. The number of aromatic nitrogens is 4. The van der Waals surface area contributed by atoms with Crippen LogP contribution in [0.3, 0.4) is 0 Å². The number of fused-ring (bicyclic) bond motifs is 1. The van der Waals surface area contributed by atoms with Gasteiger partial charge in [-0.15, -0.1) is 0 Å². The van der Waals surface area contributed by atoms with Crippen LogP contribution in [0.1, 0.15) is 12.8 Å². The van der Waals surface area contributed by atoms with Gasteiger partial charge in [-0.2, -0.15) is 5.10 Å². The van der Waals surface area contributed by atoms with E-state index in [4.69, 9.17) is 0 Å². The van der Waals surface area contributed by atoms with Crippen LogP contribution in [-0.4, -0.2) is 24.9 Å². The summed E-state index contributed by atoms with van der Waals surface area (Å²) in [5, 5.41) is 14.3. The zero-order chi connectivity index (χ0) is 9.54. The van der Waals surface area contributed by atoms with Crippen LogP contribution in [0.15, 0.2) is 12.5 Å². The first-order valence-corrected chi connectivity index (χ1v) is 4.70. The lowest BCUT2D eigenvalue weighted by Gasteiger charge is -1.99. The van der Waals surface area contributed by atoms with Crippen molar-refractivity contribution in [3.63, 3.8) is 0 Å². The van der Waals surface area contributed by atoms with Gasteiger partial charge < -0.3 is 5.11 Å². The molecule has 2 heterocycles. The molecule has 1 N–H and O–H groups in total. The molecule has 0 radical (unpaired) electrons. The third-order valence-electron chi connectivity index (χ3n) is 2.54. The van der Waals surface area contributed by atoms with E-state index in [2.05, 4.69) is 15.1 Å². The van der Waals surface area contributed by atoms with Crippen molar-refractivity contribution in [2.24, 2.45) is 5.92 Å². The van der Waals surface area contributed by atoms with Crippen LogP contribution < -0.4 is 0 Å².